The van der Waals surface area contributed by atoms with Gasteiger partial charge >= 0.3 is 5.97 Å². The third kappa shape index (κ3) is 7.71. The zero-order valence-corrected chi connectivity index (χ0v) is 11.3. The van der Waals surface area contributed by atoms with Crippen molar-refractivity contribution in [2.24, 2.45) is 5.92 Å². The molecule has 0 rings (SSSR count). The number of hydrogen-bond donors (Lipinski definition) is 0. The van der Waals surface area contributed by atoms with Gasteiger partial charge in [-0.1, -0.05) is 13.8 Å². The molecule has 15 heavy (non-hydrogen) atoms. The Bertz CT molecular complexity index is 204. The molecule has 0 saturated carbocycles. The summed E-state index contributed by atoms with van der Waals surface area (Å²) in [6, 6.07) is 0. The minimum Gasteiger partial charge on any atom is -0.464 e. The quantitative estimate of drug-likeness (QED) is 0.403. The summed E-state index contributed by atoms with van der Waals surface area (Å²) < 4.78 is 9.87. The van der Waals surface area contributed by atoms with Gasteiger partial charge < -0.3 is 9.47 Å². The van der Waals surface area contributed by atoms with Crippen molar-refractivity contribution in [1.29, 1.82) is 0 Å². The van der Waals surface area contributed by atoms with Gasteiger partial charge in [0.05, 0.1) is 13.2 Å². The second-order valence-corrected chi connectivity index (χ2v) is 3.47. The third-order valence-corrected chi connectivity index (χ3v) is 1.47. The fourth-order valence-corrected chi connectivity index (χ4v) is 0.858. The third-order valence-electron chi connectivity index (χ3n) is 1.47. The average molecular weight is 250 g/mol. The maximum atomic E-state index is 11.2. The number of esters is 1. The summed E-state index contributed by atoms with van der Waals surface area (Å²) >= 11 is 0. The monoisotopic (exact) mass is 250 g/mol. The summed E-state index contributed by atoms with van der Waals surface area (Å²) in [4.78, 5) is 22.3. The molecule has 0 aromatic rings. The molecule has 86 valence electrons. The van der Waals surface area contributed by atoms with Gasteiger partial charge in [-0.25, -0.2) is 4.79 Å². The standard InChI is InChI=1S/C10H18O4.Ti/c1-5-13-10(12)9(8(4)11)14-6-7(2)3;/h7,9H,5-6H2,1-4H3;. The first kappa shape index (κ1) is 17.2. The van der Waals surface area contributed by atoms with Gasteiger partial charge in [0, 0.05) is 21.7 Å². The van der Waals surface area contributed by atoms with Gasteiger partial charge in [-0.2, -0.15) is 0 Å². The first-order valence-electron chi connectivity index (χ1n) is 4.77. The number of carbonyl (C=O) groups is 2. The molecule has 0 aromatic heterocycles. The van der Waals surface area contributed by atoms with Crippen LogP contribution >= 0.6 is 0 Å². The summed E-state index contributed by atoms with van der Waals surface area (Å²) in [7, 11) is 0. The molecule has 0 N–H and O–H groups in total. The van der Waals surface area contributed by atoms with Gasteiger partial charge in [0.25, 0.3) is 0 Å². The Morgan fingerprint density at radius 2 is 1.80 bits per heavy atom. The SMILES string of the molecule is CCOC(=O)C(OCC(C)C)C(C)=O.[Ti]. The van der Waals surface area contributed by atoms with Crippen molar-refractivity contribution >= 4 is 11.8 Å². The summed E-state index contributed by atoms with van der Waals surface area (Å²) in [6.07, 6.45) is -1.06. The molecule has 0 amide bonds. The van der Waals surface area contributed by atoms with Gasteiger partial charge in [-0.05, 0) is 19.8 Å². The largest absolute Gasteiger partial charge is 0.464 e. The van der Waals surface area contributed by atoms with E-state index >= 15 is 0 Å². The number of Topliss-reactive ketones (excluding diaryl/α,β-unsaturated/α-hetero) is 1. The molecule has 0 aliphatic carbocycles. The Kier molecular flexibility index (Phi) is 10.4. The zero-order valence-electron chi connectivity index (χ0n) is 9.70. The maximum absolute atomic E-state index is 11.2. The molecule has 1 unspecified atom stereocenters. The van der Waals surface area contributed by atoms with Gasteiger partial charge in [-0.15, -0.1) is 0 Å². The Labute approximate surface area is 106 Å². The van der Waals surface area contributed by atoms with Crippen molar-refractivity contribution in [3.63, 3.8) is 0 Å². The van der Waals surface area contributed by atoms with Crippen LogP contribution < -0.4 is 0 Å². The number of hydrogen-bond acceptors (Lipinski definition) is 4. The molecular formula is C10H18O4Ti. The normalized spacial score (nSPS) is 11.8. The van der Waals surface area contributed by atoms with E-state index in [2.05, 4.69) is 0 Å². The average Bonchev–Trinajstić information content (AvgIpc) is 2.03. The second-order valence-electron chi connectivity index (χ2n) is 3.47. The molecule has 0 radical (unpaired) electrons. The maximum Gasteiger partial charge on any atom is 0.343 e. The Morgan fingerprint density at radius 3 is 2.13 bits per heavy atom. The molecule has 0 aromatic carbocycles. The Balaban J connectivity index is 0. The fourth-order valence-electron chi connectivity index (χ4n) is 0.858. The first-order valence-corrected chi connectivity index (χ1v) is 4.77. The molecule has 0 spiro atoms. The van der Waals surface area contributed by atoms with E-state index in [1.54, 1.807) is 6.92 Å². The number of carbonyl (C=O) groups excluding carboxylic acids is 2. The molecule has 0 heterocycles. The van der Waals surface area contributed by atoms with Crippen molar-refractivity contribution in [2.45, 2.75) is 33.8 Å². The fraction of sp³-hybridized carbons (Fsp3) is 0.800. The Morgan fingerprint density at radius 1 is 1.27 bits per heavy atom. The van der Waals surface area contributed by atoms with Crippen LogP contribution in [-0.4, -0.2) is 31.1 Å². The topological polar surface area (TPSA) is 52.6 Å². The van der Waals surface area contributed by atoms with E-state index in [1.165, 1.54) is 6.92 Å². The van der Waals surface area contributed by atoms with Crippen LogP contribution in [0, 0.1) is 5.92 Å². The predicted molar refractivity (Wildman–Crippen MR) is 51.9 cm³/mol. The van der Waals surface area contributed by atoms with Crippen molar-refractivity contribution in [3.05, 3.63) is 0 Å². The van der Waals surface area contributed by atoms with Crippen LogP contribution in [0.4, 0.5) is 0 Å². The number of ether oxygens (including phenoxy) is 2. The van der Waals surface area contributed by atoms with E-state index in [9.17, 15) is 9.59 Å². The van der Waals surface area contributed by atoms with Crippen molar-refractivity contribution in [3.8, 4) is 0 Å². The summed E-state index contributed by atoms with van der Waals surface area (Å²) in [5.41, 5.74) is 0. The van der Waals surface area contributed by atoms with Gasteiger partial charge in [0.15, 0.2) is 5.78 Å². The van der Waals surface area contributed by atoms with Gasteiger partial charge in [0.1, 0.15) is 0 Å². The molecule has 0 saturated heterocycles. The molecule has 0 fully saturated rings. The van der Waals surface area contributed by atoms with Crippen LogP contribution in [0.2, 0.25) is 0 Å². The number of rotatable bonds is 6. The van der Waals surface area contributed by atoms with Crippen LogP contribution in [-0.2, 0) is 40.8 Å². The zero-order chi connectivity index (χ0) is 11.1. The smallest absolute Gasteiger partial charge is 0.343 e. The Hall–Kier alpha value is -0.186. The molecule has 1 atom stereocenters. The summed E-state index contributed by atoms with van der Waals surface area (Å²) in [6.45, 7) is 7.54. The van der Waals surface area contributed by atoms with E-state index in [0.29, 0.717) is 6.61 Å². The first-order chi connectivity index (χ1) is 6.49. The second kappa shape index (κ2) is 9.07. The van der Waals surface area contributed by atoms with E-state index in [0.717, 1.165) is 0 Å². The van der Waals surface area contributed by atoms with Crippen molar-refractivity contribution < 1.29 is 40.8 Å². The summed E-state index contributed by atoms with van der Waals surface area (Å²) in [5.74, 6) is -0.629. The van der Waals surface area contributed by atoms with Crippen LogP contribution in [0.5, 0.6) is 0 Å². The van der Waals surface area contributed by atoms with Crippen LogP contribution in [0.1, 0.15) is 27.7 Å². The van der Waals surface area contributed by atoms with Crippen LogP contribution in [0.3, 0.4) is 0 Å². The van der Waals surface area contributed by atoms with Crippen LogP contribution in [0.15, 0.2) is 0 Å². The van der Waals surface area contributed by atoms with E-state index in [4.69, 9.17) is 9.47 Å². The molecule has 0 aliphatic heterocycles. The molecule has 0 bridgehead atoms. The molecular weight excluding hydrogens is 232 g/mol. The van der Waals surface area contributed by atoms with Crippen molar-refractivity contribution in [2.75, 3.05) is 13.2 Å². The van der Waals surface area contributed by atoms with Gasteiger partial charge in [0.2, 0.25) is 6.10 Å². The van der Waals surface area contributed by atoms with Gasteiger partial charge in [-0.3, -0.25) is 4.79 Å². The minimum atomic E-state index is -1.06. The molecule has 5 heteroatoms. The molecule has 0 aliphatic rings. The molecule has 4 nitrogen and oxygen atoms in total. The predicted octanol–water partition coefficient (Wildman–Crippen LogP) is 1.18. The van der Waals surface area contributed by atoms with Crippen molar-refractivity contribution in [1.82, 2.24) is 0 Å². The van der Waals surface area contributed by atoms with E-state index in [-0.39, 0.29) is 40.0 Å². The summed E-state index contributed by atoms with van der Waals surface area (Å²) in [5, 5.41) is 0. The van der Waals surface area contributed by atoms with E-state index in [1.807, 2.05) is 13.8 Å². The van der Waals surface area contributed by atoms with E-state index < -0.39 is 12.1 Å². The number of ketones is 1. The van der Waals surface area contributed by atoms with Crippen LogP contribution in [0.25, 0.3) is 0 Å². The minimum absolute atomic E-state index is 0.